The van der Waals surface area contributed by atoms with Gasteiger partial charge >= 0.3 is 6.09 Å². The molecule has 2 aromatic rings. The van der Waals surface area contributed by atoms with E-state index in [0.29, 0.717) is 33.5 Å². The van der Waals surface area contributed by atoms with Gasteiger partial charge in [-0.2, -0.15) is 5.26 Å². The Hall–Kier alpha value is -3.62. The molecule has 0 unspecified atom stereocenters. The number of anilines is 1. The Morgan fingerprint density at radius 1 is 0.979 bits per heavy atom. The first-order valence-electron chi connectivity index (χ1n) is 17.0. The number of rotatable bonds is 6. The predicted molar refractivity (Wildman–Crippen MR) is 179 cm³/mol. The summed E-state index contributed by atoms with van der Waals surface area (Å²) in [6.45, 7) is 11.4. The third kappa shape index (κ3) is 8.10. The molecule has 1 N–H and O–H groups in total. The van der Waals surface area contributed by atoms with Crippen LogP contribution in [0.5, 0.6) is 5.75 Å². The molecule has 3 aliphatic heterocycles. The van der Waals surface area contributed by atoms with Crippen LogP contribution in [-0.4, -0.2) is 95.1 Å². The highest BCUT2D eigenvalue weighted by Crippen LogP contribution is 2.43. The number of likely N-dealkylation sites (tertiary alicyclic amines) is 2. The number of benzene rings is 1. The van der Waals surface area contributed by atoms with E-state index < -0.39 is 5.60 Å². The van der Waals surface area contributed by atoms with Crippen molar-refractivity contribution in [2.75, 3.05) is 44.2 Å². The predicted octanol–water partition coefficient (Wildman–Crippen LogP) is 5.42. The first-order chi connectivity index (χ1) is 22.5. The standard InChI is InChI=1S/C35H46ClN7O4/c1-34(2,3)47-33(45)42-16-12-26(13-17-42)41-18-14-35(15-19-41)22-43(23-35)31-11-10-30(39-40-31)32(44)38-25-5-8-27(9-6-25)46-28-7-4-24(21-37)29(36)20-28/h4,7,10-11,20,25-27H,5-6,8-9,12-19,22-23H2,1-3H3,(H,38,44). The fourth-order valence-electron chi connectivity index (χ4n) is 7.40. The van der Waals surface area contributed by atoms with E-state index in [1.165, 1.54) is 0 Å². The van der Waals surface area contributed by atoms with E-state index >= 15 is 0 Å². The third-order valence-corrected chi connectivity index (χ3v) is 10.4. The molecule has 1 spiro atoms. The molecule has 0 radical (unpaired) electrons. The lowest BCUT2D eigenvalue weighted by Gasteiger charge is -2.55. The number of hydrogen-bond acceptors (Lipinski definition) is 9. The molecule has 1 aromatic carbocycles. The number of nitriles is 1. The van der Waals surface area contributed by atoms with Crippen LogP contribution in [-0.2, 0) is 4.74 Å². The summed E-state index contributed by atoms with van der Waals surface area (Å²) in [7, 11) is 0. The quantitative estimate of drug-likeness (QED) is 0.431. The zero-order chi connectivity index (χ0) is 33.2. The van der Waals surface area contributed by atoms with Crippen LogP contribution in [0, 0.1) is 16.7 Å². The van der Waals surface area contributed by atoms with Gasteiger partial charge in [0, 0.05) is 49.7 Å². The molecule has 12 heteroatoms. The molecule has 11 nitrogen and oxygen atoms in total. The fourth-order valence-corrected chi connectivity index (χ4v) is 7.61. The Labute approximate surface area is 282 Å². The molecule has 2 amide bonds. The molecule has 4 aliphatic rings. The van der Waals surface area contributed by atoms with E-state index in [1.807, 2.05) is 31.7 Å². The normalized spacial score (nSPS) is 23.5. The molecule has 1 saturated carbocycles. The molecule has 1 aliphatic carbocycles. The minimum absolute atomic E-state index is 0.0438. The number of carbonyl (C=O) groups is 2. The van der Waals surface area contributed by atoms with Gasteiger partial charge in [0.05, 0.1) is 16.7 Å². The highest BCUT2D eigenvalue weighted by atomic mass is 35.5. The number of ether oxygens (including phenoxy) is 2. The Morgan fingerprint density at radius 3 is 2.28 bits per heavy atom. The molecule has 0 atom stereocenters. The molecule has 4 fully saturated rings. The number of aromatic nitrogens is 2. The number of hydrogen-bond donors (Lipinski definition) is 1. The average Bonchev–Trinajstić information content (AvgIpc) is 3.04. The Morgan fingerprint density at radius 2 is 1.68 bits per heavy atom. The molecule has 47 heavy (non-hydrogen) atoms. The van der Waals surface area contributed by atoms with Crippen LogP contribution in [0.25, 0.3) is 0 Å². The summed E-state index contributed by atoms with van der Waals surface area (Å²) >= 11 is 6.13. The number of carbonyl (C=O) groups excluding carboxylic acids is 2. The second-order valence-corrected chi connectivity index (χ2v) is 15.1. The zero-order valence-corrected chi connectivity index (χ0v) is 28.5. The van der Waals surface area contributed by atoms with E-state index in [4.69, 9.17) is 26.3 Å². The lowest BCUT2D eigenvalue weighted by atomic mass is 9.71. The molecule has 4 heterocycles. The maximum atomic E-state index is 12.9. The largest absolute Gasteiger partial charge is 0.490 e. The van der Waals surface area contributed by atoms with Crippen LogP contribution >= 0.6 is 11.6 Å². The van der Waals surface area contributed by atoms with Gasteiger partial charge in [-0.3, -0.25) is 4.79 Å². The summed E-state index contributed by atoms with van der Waals surface area (Å²) in [5.41, 5.74) is 0.622. The highest BCUT2D eigenvalue weighted by Gasteiger charge is 2.46. The number of piperidine rings is 2. The molecule has 252 valence electrons. The molecule has 6 rings (SSSR count). The first kappa shape index (κ1) is 33.3. The smallest absolute Gasteiger partial charge is 0.410 e. The van der Waals surface area contributed by atoms with Gasteiger partial charge < -0.3 is 29.5 Å². The van der Waals surface area contributed by atoms with Crippen LogP contribution in [0.4, 0.5) is 10.6 Å². The average molecular weight is 664 g/mol. The van der Waals surface area contributed by atoms with Crippen molar-refractivity contribution in [1.82, 2.24) is 25.3 Å². The second kappa shape index (κ2) is 13.9. The van der Waals surface area contributed by atoms with Crippen LogP contribution in [0.3, 0.4) is 0 Å². The maximum Gasteiger partial charge on any atom is 0.410 e. The summed E-state index contributed by atoms with van der Waals surface area (Å²) < 4.78 is 11.6. The Bertz CT molecular complexity index is 1460. The third-order valence-electron chi connectivity index (χ3n) is 10.1. The van der Waals surface area contributed by atoms with Gasteiger partial charge in [-0.25, -0.2) is 4.79 Å². The highest BCUT2D eigenvalue weighted by molar-refractivity contribution is 6.31. The van der Waals surface area contributed by atoms with Gasteiger partial charge in [0.25, 0.3) is 5.91 Å². The van der Waals surface area contributed by atoms with Crippen molar-refractivity contribution in [3.8, 4) is 11.8 Å². The number of amides is 2. The van der Waals surface area contributed by atoms with Gasteiger partial charge in [-0.05, 0) is 109 Å². The van der Waals surface area contributed by atoms with E-state index in [2.05, 4.69) is 31.4 Å². The zero-order valence-electron chi connectivity index (χ0n) is 27.7. The van der Waals surface area contributed by atoms with Crippen LogP contribution < -0.4 is 15.0 Å². The Balaban J connectivity index is 0.895. The molecule has 1 aromatic heterocycles. The summed E-state index contributed by atoms with van der Waals surface area (Å²) in [5, 5.41) is 21.3. The topological polar surface area (TPSA) is 124 Å². The summed E-state index contributed by atoms with van der Waals surface area (Å²) in [6.07, 6.45) is 7.42. The van der Waals surface area contributed by atoms with E-state index in [9.17, 15) is 9.59 Å². The van der Waals surface area contributed by atoms with Crippen molar-refractivity contribution in [2.45, 2.75) is 95.9 Å². The van der Waals surface area contributed by atoms with Gasteiger partial charge in [-0.15, -0.1) is 10.2 Å². The van der Waals surface area contributed by atoms with Gasteiger partial charge in [0.15, 0.2) is 11.5 Å². The van der Waals surface area contributed by atoms with E-state index in [1.54, 1.807) is 24.3 Å². The van der Waals surface area contributed by atoms with Gasteiger partial charge in [0.2, 0.25) is 0 Å². The Kier molecular flexibility index (Phi) is 9.81. The minimum Gasteiger partial charge on any atom is -0.490 e. The summed E-state index contributed by atoms with van der Waals surface area (Å²) in [4.78, 5) is 32.1. The summed E-state index contributed by atoms with van der Waals surface area (Å²) in [6, 6.07) is 11.5. The SMILES string of the molecule is CC(C)(C)OC(=O)N1CCC(N2CCC3(CC2)CN(c2ccc(C(=O)NC4CCC(Oc5ccc(C#N)c(Cl)c5)CC4)nn2)C3)CC1. The lowest BCUT2D eigenvalue weighted by Crippen LogP contribution is -2.62. The molecule has 3 saturated heterocycles. The first-order valence-corrected chi connectivity index (χ1v) is 17.3. The van der Waals surface area contributed by atoms with E-state index in [0.717, 1.165) is 96.5 Å². The van der Waals surface area contributed by atoms with Crippen molar-refractivity contribution in [2.24, 2.45) is 5.41 Å². The van der Waals surface area contributed by atoms with Crippen LogP contribution in [0.1, 0.15) is 88.2 Å². The van der Waals surface area contributed by atoms with Crippen molar-refractivity contribution in [1.29, 1.82) is 5.26 Å². The van der Waals surface area contributed by atoms with Crippen molar-refractivity contribution in [3.05, 3.63) is 46.6 Å². The van der Waals surface area contributed by atoms with Crippen molar-refractivity contribution >= 4 is 29.4 Å². The minimum atomic E-state index is -0.461. The maximum absolute atomic E-state index is 12.9. The monoisotopic (exact) mass is 663 g/mol. The number of halogens is 1. The van der Waals surface area contributed by atoms with E-state index in [-0.39, 0.29) is 24.1 Å². The van der Waals surface area contributed by atoms with Crippen LogP contribution in [0.2, 0.25) is 5.02 Å². The molecular formula is C35H46ClN7O4. The fraction of sp³-hybridized carbons (Fsp3) is 0.629. The molecule has 0 bridgehead atoms. The number of nitrogens with one attached hydrogen (secondary N) is 1. The second-order valence-electron chi connectivity index (χ2n) is 14.7. The van der Waals surface area contributed by atoms with Gasteiger partial charge in [-0.1, -0.05) is 11.6 Å². The van der Waals surface area contributed by atoms with Crippen molar-refractivity contribution in [3.63, 3.8) is 0 Å². The van der Waals surface area contributed by atoms with Crippen molar-refractivity contribution < 1.29 is 19.1 Å². The van der Waals surface area contributed by atoms with Crippen LogP contribution in [0.15, 0.2) is 30.3 Å². The lowest BCUT2D eigenvalue weighted by molar-refractivity contribution is 0.00424. The molecular weight excluding hydrogens is 618 g/mol. The van der Waals surface area contributed by atoms with Gasteiger partial charge in [0.1, 0.15) is 17.4 Å². The summed E-state index contributed by atoms with van der Waals surface area (Å²) in [5.74, 6) is 1.28. The number of nitrogens with zero attached hydrogens (tertiary/aromatic N) is 6.